The lowest BCUT2D eigenvalue weighted by atomic mass is 10.0. The molecular formula is C19H31O3P. The van der Waals surface area contributed by atoms with E-state index in [1.54, 1.807) is 0 Å². The topological polar surface area (TPSA) is 46.5 Å². The summed E-state index contributed by atoms with van der Waals surface area (Å²) in [5.41, 5.74) is 2.74. The summed E-state index contributed by atoms with van der Waals surface area (Å²) in [6.45, 7) is 2.39. The minimum atomic E-state index is -0.525. The van der Waals surface area contributed by atoms with Crippen molar-refractivity contribution in [3.63, 3.8) is 0 Å². The normalized spacial score (nSPS) is 12.6. The van der Waals surface area contributed by atoms with E-state index in [1.165, 1.54) is 56.1 Å². The van der Waals surface area contributed by atoms with E-state index in [0.29, 0.717) is 6.42 Å². The summed E-state index contributed by atoms with van der Waals surface area (Å²) in [6, 6.07) is 8.87. The molecule has 1 rings (SSSR count). The average molecular weight is 338 g/mol. The molecule has 0 aliphatic carbocycles. The van der Waals surface area contributed by atoms with Crippen LogP contribution >= 0.6 is 8.69 Å². The monoisotopic (exact) mass is 338 g/mol. The molecule has 0 saturated carbocycles. The van der Waals surface area contributed by atoms with Gasteiger partial charge in [0.05, 0.1) is 12.7 Å². The largest absolute Gasteiger partial charge is 0.391 e. The van der Waals surface area contributed by atoms with Crippen molar-refractivity contribution >= 4 is 8.69 Å². The van der Waals surface area contributed by atoms with Gasteiger partial charge in [-0.2, -0.15) is 0 Å². The fraction of sp³-hybridized carbons (Fsp3) is 0.684. The highest BCUT2D eigenvalue weighted by atomic mass is 31.1. The van der Waals surface area contributed by atoms with Crippen molar-refractivity contribution in [3.8, 4) is 0 Å². The first-order valence-electron chi connectivity index (χ1n) is 8.96. The van der Waals surface area contributed by atoms with Crippen LogP contribution in [0.3, 0.4) is 0 Å². The third-order valence-electron chi connectivity index (χ3n) is 4.16. The van der Waals surface area contributed by atoms with Crippen LogP contribution in [-0.4, -0.2) is 17.8 Å². The Bertz CT molecular complexity index is 406. The highest BCUT2D eigenvalue weighted by molar-refractivity contribution is 7.17. The SMILES string of the molecule is CCCCCCCCc1ccc(CCCC(O)COP=O)cc1. The Labute approximate surface area is 142 Å². The molecule has 0 spiro atoms. The summed E-state index contributed by atoms with van der Waals surface area (Å²) in [5, 5.41) is 9.61. The standard InChI is InChI=1S/C19H31O3P/c1-2-3-4-5-6-7-9-17-12-14-18(15-13-17)10-8-11-19(20)16-22-23-21/h12-15,19-20H,2-11,16H2,1H3. The molecule has 1 unspecified atom stereocenters. The molecule has 1 aromatic rings. The molecule has 3 nitrogen and oxygen atoms in total. The molecule has 0 aromatic heterocycles. The maximum absolute atomic E-state index is 10.1. The van der Waals surface area contributed by atoms with Gasteiger partial charge in [-0.1, -0.05) is 63.3 Å². The minimum absolute atomic E-state index is 0.141. The quantitative estimate of drug-likeness (QED) is 0.360. The zero-order valence-electron chi connectivity index (χ0n) is 14.4. The maximum Gasteiger partial charge on any atom is 0.327 e. The van der Waals surface area contributed by atoms with Crippen LogP contribution in [0.25, 0.3) is 0 Å². The van der Waals surface area contributed by atoms with Crippen LogP contribution < -0.4 is 0 Å². The Morgan fingerprint density at radius 1 is 0.957 bits per heavy atom. The van der Waals surface area contributed by atoms with E-state index in [1.807, 2.05) is 0 Å². The Morgan fingerprint density at radius 2 is 1.52 bits per heavy atom. The van der Waals surface area contributed by atoms with Gasteiger partial charge in [0, 0.05) is 0 Å². The molecular weight excluding hydrogens is 307 g/mol. The van der Waals surface area contributed by atoms with Gasteiger partial charge in [-0.15, -0.1) is 0 Å². The second-order valence-electron chi connectivity index (χ2n) is 6.25. The second kappa shape index (κ2) is 13.7. The van der Waals surface area contributed by atoms with E-state index in [0.717, 1.165) is 12.8 Å². The van der Waals surface area contributed by atoms with E-state index in [-0.39, 0.29) is 15.3 Å². The fourth-order valence-corrected chi connectivity index (χ4v) is 2.96. The van der Waals surface area contributed by atoms with Gasteiger partial charge in [0.1, 0.15) is 0 Å². The van der Waals surface area contributed by atoms with Gasteiger partial charge in [-0.25, -0.2) is 4.57 Å². The molecule has 0 bridgehead atoms. The zero-order valence-corrected chi connectivity index (χ0v) is 15.3. The molecule has 0 amide bonds. The number of unbranched alkanes of at least 4 members (excludes halogenated alkanes) is 5. The van der Waals surface area contributed by atoms with E-state index in [2.05, 4.69) is 35.7 Å². The molecule has 4 heteroatoms. The predicted octanol–water partition coefficient (Wildman–Crippen LogP) is 5.50. The number of aliphatic hydroxyl groups excluding tert-OH is 1. The first-order valence-corrected chi connectivity index (χ1v) is 9.69. The molecule has 1 N–H and O–H groups in total. The number of aliphatic hydroxyl groups is 1. The first kappa shape index (κ1) is 20.3. The number of hydrogen-bond donors (Lipinski definition) is 1. The van der Waals surface area contributed by atoms with Crippen LogP contribution in [0.5, 0.6) is 0 Å². The van der Waals surface area contributed by atoms with Crippen molar-refractivity contribution in [3.05, 3.63) is 35.4 Å². The van der Waals surface area contributed by atoms with Crippen molar-refractivity contribution in [1.82, 2.24) is 0 Å². The summed E-state index contributed by atoms with van der Waals surface area (Å²) in [4.78, 5) is 0. The first-order chi connectivity index (χ1) is 11.3. The molecule has 23 heavy (non-hydrogen) atoms. The summed E-state index contributed by atoms with van der Waals surface area (Å²) in [5.74, 6) is 0. The zero-order chi connectivity index (χ0) is 16.8. The molecule has 0 aliphatic rings. The smallest absolute Gasteiger partial charge is 0.327 e. The Balaban J connectivity index is 2.14. The molecule has 0 radical (unpaired) electrons. The summed E-state index contributed by atoms with van der Waals surface area (Å²) in [6.07, 6.45) is 11.2. The lowest BCUT2D eigenvalue weighted by molar-refractivity contribution is 0.105. The molecule has 0 heterocycles. The molecule has 1 aromatic carbocycles. The maximum atomic E-state index is 10.1. The minimum Gasteiger partial charge on any atom is -0.391 e. The van der Waals surface area contributed by atoms with Crippen molar-refractivity contribution in [2.24, 2.45) is 0 Å². The van der Waals surface area contributed by atoms with Gasteiger partial charge in [0.15, 0.2) is 0 Å². The number of rotatable bonds is 14. The van der Waals surface area contributed by atoms with E-state index >= 15 is 0 Å². The molecule has 130 valence electrons. The Morgan fingerprint density at radius 3 is 2.13 bits per heavy atom. The van der Waals surface area contributed by atoms with Crippen molar-refractivity contribution in [1.29, 1.82) is 0 Å². The van der Waals surface area contributed by atoms with Crippen LogP contribution in [0.4, 0.5) is 0 Å². The van der Waals surface area contributed by atoms with Crippen LogP contribution in [0.1, 0.15) is 69.4 Å². The highest BCUT2D eigenvalue weighted by Gasteiger charge is 2.04. The predicted molar refractivity (Wildman–Crippen MR) is 96.0 cm³/mol. The van der Waals surface area contributed by atoms with E-state index in [4.69, 9.17) is 0 Å². The third-order valence-corrected chi connectivity index (χ3v) is 4.42. The fourth-order valence-electron chi connectivity index (χ4n) is 2.72. The van der Waals surface area contributed by atoms with Crippen LogP contribution in [0.2, 0.25) is 0 Å². The van der Waals surface area contributed by atoms with Gasteiger partial charge >= 0.3 is 8.69 Å². The Kier molecular flexibility index (Phi) is 12.0. The van der Waals surface area contributed by atoms with E-state index < -0.39 is 6.10 Å². The van der Waals surface area contributed by atoms with Gasteiger partial charge in [0.25, 0.3) is 0 Å². The summed E-state index contributed by atoms with van der Waals surface area (Å²) < 4.78 is 14.8. The second-order valence-corrected chi connectivity index (χ2v) is 6.66. The van der Waals surface area contributed by atoms with Crippen molar-refractivity contribution in [2.45, 2.75) is 77.2 Å². The van der Waals surface area contributed by atoms with Crippen LogP contribution in [0.15, 0.2) is 24.3 Å². The molecule has 1 atom stereocenters. The lowest BCUT2D eigenvalue weighted by Gasteiger charge is -2.08. The summed E-state index contributed by atoms with van der Waals surface area (Å²) >= 11 is 0. The van der Waals surface area contributed by atoms with Gasteiger partial charge in [0.2, 0.25) is 0 Å². The van der Waals surface area contributed by atoms with E-state index in [9.17, 15) is 9.67 Å². The number of hydrogen-bond acceptors (Lipinski definition) is 3. The van der Waals surface area contributed by atoms with Gasteiger partial charge < -0.3 is 5.11 Å². The lowest BCUT2D eigenvalue weighted by Crippen LogP contribution is -2.12. The molecule has 0 saturated heterocycles. The van der Waals surface area contributed by atoms with Crippen LogP contribution in [0, 0.1) is 0 Å². The van der Waals surface area contributed by atoms with Gasteiger partial charge in [-0.3, -0.25) is 4.52 Å². The van der Waals surface area contributed by atoms with Crippen LogP contribution in [-0.2, 0) is 21.9 Å². The Hall–Kier alpha value is -0.760. The van der Waals surface area contributed by atoms with Crippen molar-refractivity contribution < 1.29 is 14.2 Å². The van der Waals surface area contributed by atoms with Crippen molar-refractivity contribution in [2.75, 3.05) is 6.61 Å². The third kappa shape index (κ3) is 10.6. The summed E-state index contributed by atoms with van der Waals surface area (Å²) in [7, 11) is -0.361. The molecule has 0 fully saturated rings. The number of aryl methyl sites for hydroxylation is 2. The molecule has 0 aliphatic heterocycles. The number of benzene rings is 1. The highest BCUT2D eigenvalue weighted by Crippen LogP contribution is 2.13. The average Bonchev–Trinajstić information content (AvgIpc) is 2.57. The van der Waals surface area contributed by atoms with Gasteiger partial charge in [-0.05, 0) is 43.2 Å².